The van der Waals surface area contributed by atoms with Gasteiger partial charge in [-0.05, 0) is 29.8 Å². The molecule has 2 heterocycles. The maximum Gasteiger partial charge on any atom is 0.387 e. The number of rotatable bonds is 8. The number of halogens is 2. The number of ether oxygens (including phenoxy) is 1. The van der Waals surface area contributed by atoms with Crippen LogP contribution in [-0.2, 0) is 11.3 Å². The standard InChI is InChI=1S/C22H19F2N5O3S/c1-28(12-14-7-9-16(10-8-14)32-21(23)24)18(30)13-33-22-26-19-17(20(31)27-22)11-25-29(19)15-5-3-2-4-6-15/h2-11,21H,12-13H2,1H3,(H,26,27,31). The summed E-state index contributed by atoms with van der Waals surface area (Å²) in [5.41, 5.74) is 1.59. The summed E-state index contributed by atoms with van der Waals surface area (Å²) in [6, 6.07) is 15.4. The first-order valence-corrected chi connectivity index (χ1v) is 10.8. The lowest BCUT2D eigenvalue weighted by Crippen LogP contribution is -2.28. The highest BCUT2D eigenvalue weighted by Gasteiger charge is 2.15. The molecule has 0 aliphatic carbocycles. The van der Waals surface area contributed by atoms with Gasteiger partial charge in [0.2, 0.25) is 5.91 Å². The molecule has 0 fully saturated rings. The number of carbonyl (C=O) groups is 1. The number of carbonyl (C=O) groups excluding carboxylic acids is 1. The van der Waals surface area contributed by atoms with Crippen LogP contribution in [-0.4, -0.2) is 50.0 Å². The molecule has 33 heavy (non-hydrogen) atoms. The highest BCUT2D eigenvalue weighted by atomic mass is 32.2. The van der Waals surface area contributed by atoms with E-state index in [0.717, 1.165) is 23.0 Å². The molecule has 1 amide bonds. The number of amides is 1. The fourth-order valence-corrected chi connectivity index (χ4v) is 3.90. The summed E-state index contributed by atoms with van der Waals surface area (Å²) >= 11 is 1.11. The number of thioether (sulfide) groups is 1. The molecule has 0 aliphatic heterocycles. The molecule has 0 unspecified atom stereocenters. The van der Waals surface area contributed by atoms with Crippen LogP contribution in [0.15, 0.2) is 70.7 Å². The third-order valence-electron chi connectivity index (χ3n) is 4.74. The van der Waals surface area contributed by atoms with E-state index in [1.54, 1.807) is 23.9 Å². The average molecular weight is 471 g/mol. The highest BCUT2D eigenvalue weighted by molar-refractivity contribution is 7.99. The van der Waals surface area contributed by atoms with E-state index >= 15 is 0 Å². The number of fused-ring (bicyclic) bond motifs is 1. The van der Waals surface area contributed by atoms with Crippen molar-refractivity contribution in [3.8, 4) is 11.4 Å². The molecule has 0 bridgehead atoms. The Labute approximate surface area is 191 Å². The SMILES string of the molecule is CN(Cc1ccc(OC(F)F)cc1)C(=O)CSc1nc2c(cnn2-c2ccccc2)c(=O)[nH]1. The summed E-state index contributed by atoms with van der Waals surface area (Å²) in [5.74, 6) is -0.0811. The van der Waals surface area contributed by atoms with E-state index in [1.807, 2.05) is 30.3 Å². The molecule has 4 rings (SSSR count). The zero-order valence-electron chi connectivity index (χ0n) is 17.4. The van der Waals surface area contributed by atoms with Crippen LogP contribution in [0, 0.1) is 0 Å². The van der Waals surface area contributed by atoms with E-state index in [-0.39, 0.29) is 29.5 Å². The van der Waals surface area contributed by atoms with E-state index in [4.69, 9.17) is 0 Å². The molecule has 170 valence electrons. The van der Waals surface area contributed by atoms with Gasteiger partial charge in [-0.2, -0.15) is 13.9 Å². The second kappa shape index (κ2) is 9.82. The molecule has 11 heteroatoms. The Morgan fingerprint density at radius 2 is 1.91 bits per heavy atom. The van der Waals surface area contributed by atoms with Crippen molar-refractivity contribution in [2.75, 3.05) is 12.8 Å². The number of nitrogens with zero attached hydrogens (tertiary/aromatic N) is 4. The molecule has 0 saturated carbocycles. The maximum atomic E-state index is 12.6. The summed E-state index contributed by atoms with van der Waals surface area (Å²) < 4.78 is 30.4. The number of aromatic amines is 1. The molecule has 2 aromatic heterocycles. The lowest BCUT2D eigenvalue weighted by atomic mass is 10.2. The Morgan fingerprint density at radius 1 is 1.18 bits per heavy atom. The summed E-state index contributed by atoms with van der Waals surface area (Å²) in [7, 11) is 1.64. The Morgan fingerprint density at radius 3 is 2.61 bits per heavy atom. The van der Waals surface area contributed by atoms with E-state index in [1.165, 1.54) is 23.2 Å². The Balaban J connectivity index is 1.42. The van der Waals surface area contributed by atoms with Gasteiger partial charge in [0.25, 0.3) is 5.56 Å². The second-order valence-corrected chi connectivity index (χ2v) is 8.03. The van der Waals surface area contributed by atoms with E-state index in [2.05, 4.69) is 19.8 Å². The number of aromatic nitrogens is 4. The molecule has 0 radical (unpaired) electrons. The van der Waals surface area contributed by atoms with Crippen LogP contribution in [0.2, 0.25) is 0 Å². The van der Waals surface area contributed by atoms with E-state index in [9.17, 15) is 18.4 Å². The highest BCUT2D eigenvalue weighted by Crippen LogP contribution is 2.19. The lowest BCUT2D eigenvalue weighted by Gasteiger charge is -2.17. The maximum absolute atomic E-state index is 12.6. The van der Waals surface area contributed by atoms with Crippen molar-refractivity contribution in [2.45, 2.75) is 18.3 Å². The topological polar surface area (TPSA) is 93.1 Å². The van der Waals surface area contributed by atoms with Crippen LogP contribution in [0.25, 0.3) is 16.7 Å². The third-order valence-corrected chi connectivity index (χ3v) is 5.60. The zero-order chi connectivity index (χ0) is 23.4. The number of H-pyrrole nitrogens is 1. The predicted octanol–water partition coefficient (Wildman–Crippen LogP) is 3.46. The number of hydrogen-bond donors (Lipinski definition) is 1. The summed E-state index contributed by atoms with van der Waals surface area (Å²) in [6.07, 6.45) is 1.46. The molecule has 0 atom stereocenters. The van der Waals surface area contributed by atoms with Crippen LogP contribution in [0.4, 0.5) is 8.78 Å². The summed E-state index contributed by atoms with van der Waals surface area (Å²) in [5, 5.41) is 4.92. The van der Waals surface area contributed by atoms with Gasteiger partial charge in [0.1, 0.15) is 11.1 Å². The van der Waals surface area contributed by atoms with Gasteiger partial charge in [0.05, 0.1) is 17.6 Å². The minimum atomic E-state index is -2.89. The first-order valence-electron chi connectivity index (χ1n) is 9.84. The fraction of sp³-hybridized carbons (Fsp3) is 0.182. The summed E-state index contributed by atoms with van der Waals surface area (Å²) in [6.45, 7) is -2.60. The minimum absolute atomic E-state index is 0.0526. The van der Waals surface area contributed by atoms with Crippen LogP contribution in [0.3, 0.4) is 0 Å². The molecule has 2 aromatic carbocycles. The van der Waals surface area contributed by atoms with Gasteiger partial charge in [-0.3, -0.25) is 9.59 Å². The van der Waals surface area contributed by atoms with Crippen molar-refractivity contribution in [3.05, 3.63) is 76.7 Å². The normalized spacial score (nSPS) is 11.2. The number of hydrogen-bond acceptors (Lipinski definition) is 6. The molecular weight excluding hydrogens is 452 g/mol. The molecule has 0 aliphatic rings. The first kappa shape index (κ1) is 22.5. The van der Waals surface area contributed by atoms with Crippen molar-refractivity contribution >= 4 is 28.7 Å². The zero-order valence-corrected chi connectivity index (χ0v) is 18.3. The van der Waals surface area contributed by atoms with Crippen molar-refractivity contribution < 1.29 is 18.3 Å². The Bertz CT molecular complexity index is 1310. The van der Waals surface area contributed by atoms with Crippen molar-refractivity contribution in [2.24, 2.45) is 0 Å². The van der Waals surface area contributed by atoms with Crippen molar-refractivity contribution in [1.29, 1.82) is 0 Å². The van der Waals surface area contributed by atoms with Gasteiger partial charge in [-0.15, -0.1) is 0 Å². The van der Waals surface area contributed by atoms with Crippen LogP contribution < -0.4 is 10.3 Å². The number of benzene rings is 2. The molecule has 4 aromatic rings. The van der Waals surface area contributed by atoms with Gasteiger partial charge in [-0.25, -0.2) is 9.67 Å². The summed E-state index contributed by atoms with van der Waals surface area (Å²) in [4.78, 5) is 33.7. The molecular formula is C22H19F2N5O3S. The molecule has 1 N–H and O–H groups in total. The van der Waals surface area contributed by atoms with Gasteiger partial charge < -0.3 is 14.6 Å². The van der Waals surface area contributed by atoms with E-state index in [0.29, 0.717) is 16.2 Å². The monoisotopic (exact) mass is 471 g/mol. The van der Waals surface area contributed by atoms with Gasteiger partial charge >= 0.3 is 6.61 Å². The number of nitrogens with one attached hydrogen (secondary N) is 1. The van der Waals surface area contributed by atoms with Gasteiger partial charge in [-0.1, -0.05) is 42.1 Å². The minimum Gasteiger partial charge on any atom is -0.435 e. The second-order valence-electron chi connectivity index (χ2n) is 7.06. The van der Waals surface area contributed by atoms with Crippen LogP contribution in [0.1, 0.15) is 5.56 Å². The van der Waals surface area contributed by atoms with Crippen molar-refractivity contribution in [3.63, 3.8) is 0 Å². The van der Waals surface area contributed by atoms with Gasteiger partial charge in [0.15, 0.2) is 10.8 Å². The number of alkyl halides is 2. The quantitative estimate of drug-likeness (QED) is 0.313. The smallest absolute Gasteiger partial charge is 0.387 e. The van der Waals surface area contributed by atoms with E-state index < -0.39 is 6.61 Å². The number of para-hydroxylation sites is 1. The third kappa shape index (κ3) is 5.37. The lowest BCUT2D eigenvalue weighted by molar-refractivity contribution is -0.127. The molecule has 0 saturated heterocycles. The fourth-order valence-electron chi connectivity index (χ4n) is 3.10. The average Bonchev–Trinajstić information content (AvgIpc) is 3.23. The van der Waals surface area contributed by atoms with Gasteiger partial charge in [0, 0.05) is 13.6 Å². The Kier molecular flexibility index (Phi) is 6.68. The largest absolute Gasteiger partial charge is 0.435 e. The predicted molar refractivity (Wildman–Crippen MR) is 120 cm³/mol. The molecule has 8 nitrogen and oxygen atoms in total. The van der Waals surface area contributed by atoms with Crippen molar-refractivity contribution in [1.82, 2.24) is 24.6 Å². The van der Waals surface area contributed by atoms with Crippen LogP contribution >= 0.6 is 11.8 Å². The Hall–Kier alpha value is -3.73. The molecule has 0 spiro atoms. The first-order chi connectivity index (χ1) is 15.9. The van der Waals surface area contributed by atoms with Crippen LogP contribution in [0.5, 0.6) is 5.75 Å².